The summed E-state index contributed by atoms with van der Waals surface area (Å²) in [5.74, 6) is 0. The number of rotatable bonds is 7. The van der Waals surface area contributed by atoms with Crippen molar-refractivity contribution in [3.05, 3.63) is 273 Å². The first-order chi connectivity index (χ1) is 38.2. The van der Waals surface area contributed by atoms with E-state index in [-0.39, 0.29) is 0 Å². The van der Waals surface area contributed by atoms with Crippen LogP contribution in [0.15, 0.2) is 282 Å². The minimum Gasteiger partial charge on any atom is -0.455 e. The monoisotopic (exact) mass is 979 g/mol. The molecule has 0 radical (unpaired) electrons. The van der Waals surface area contributed by atoms with Crippen LogP contribution in [0.4, 0.5) is 0 Å². The molecule has 0 aliphatic carbocycles. The number of benzene rings is 13. The summed E-state index contributed by atoms with van der Waals surface area (Å²) in [6, 6.07) is 98.8. The van der Waals surface area contributed by atoms with E-state index in [9.17, 15) is 0 Å². The molecule has 0 aliphatic rings. The SMILES string of the molecule is c1ccc(-c2c3ccccc3c(-c3ccccc3)c3cc(-n4c5ccc(-c6cccc7c6oc6c(-c8ccccc8)cccc67)cc5c5cc(-c6cccc7c6oc6c(-c8ccccc8)cccc67)ccc54)ccc23)cc1. The number of fused-ring (bicyclic) bond motifs is 11. The zero-order valence-electron chi connectivity index (χ0n) is 41.7. The maximum atomic E-state index is 7.02. The summed E-state index contributed by atoms with van der Waals surface area (Å²) in [5.41, 5.74) is 20.4. The highest BCUT2D eigenvalue weighted by atomic mass is 16.3. The van der Waals surface area contributed by atoms with Crippen molar-refractivity contribution < 1.29 is 8.83 Å². The summed E-state index contributed by atoms with van der Waals surface area (Å²) in [6.07, 6.45) is 0. The van der Waals surface area contributed by atoms with Gasteiger partial charge in [-0.15, -0.1) is 0 Å². The molecule has 0 bridgehead atoms. The lowest BCUT2D eigenvalue weighted by atomic mass is 9.86. The lowest BCUT2D eigenvalue weighted by Crippen LogP contribution is -1.96. The molecule has 77 heavy (non-hydrogen) atoms. The maximum absolute atomic E-state index is 7.02. The molecule has 0 fully saturated rings. The third-order valence-electron chi connectivity index (χ3n) is 16.0. The molecule has 16 aromatic rings. The molecule has 0 unspecified atom stereocenters. The number of aromatic nitrogens is 1. The van der Waals surface area contributed by atoms with E-state index in [2.05, 4.69) is 278 Å². The van der Waals surface area contributed by atoms with Crippen molar-refractivity contribution in [1.29, 1.82) is 0 Å². The van der Waals surface area contributed by atoms with Crippen molar-refractivity contribution in [2.24, 2.45) is 0 Å². The molecule has 3 heteroatoms. The van der Waals surface area contributed by atoms with Crippen LogP contribution in [0.25, 0.3) is 160 Å². The van der Waals surface area contributed by atoms with E-state index in [1.807, 2.05) is 0 Å². The zero-order chi connectivity index (χ0) is 50.6. The average Bonchev–Trinajstić information content (AvgIpc) is 4.28. The molecule has 0 atom stereocenters. The summed E-state index contributed by atoms with van der Waals surface area (Å²) in [7, 11) is 0. The molecule has 0 N–H and O–H groups in total. The molecule has 0 saturated carbocycles. The molecule has 0 amide bonds. The highest BCUT2D eigenvalue weighted by Gasteiger charge is 2.23. The first kappa shape index (κ1) is 43.2. The van der Waals surface area contributed by atoms with Gasteiger partial charge in [-0.1, -0.05) is 237 Å². The van der Waals surface area contributed by atoms with E-state index in [0.717, 1.165) is 116 Å². The zero-order valence-corrected chi connectivity index (χ0v) is 41.7. The Balaban J connectivity index is 0.958. The van der Waals surface area contributed by atoms with Crippen LogP contribution in [-0.4, -0.2) is 4.57 Å². The van der Waals surface area contributed by atoms with Crippen LogP contribution in [0, 0.1) is 0 Å². The van der Waals surface area contributed by atoms with E-state index < -0.39 is 0 Å². The fourth-order valence-corrected chi connectivity index (χ4v) is 12.6. The Hall–Kier alpha value is -10.2. The van der Waals surface area contributed by atoms with Crippen LogP contribution in [0.3, 0.4) is 0 Å². The van der Waals surface area contributed by atoms with Crippen LogP contribution in [-0.2, 0) is 0 Å². The number of para-hydroxylation sites is 4. The van der Waals surface area contributed by atoms with Crippen molar-refractivity contribution in [1.82, 2.24) is 4.57 Å². The predicted octanol–water partition coefficient (Wildman–Crippen LogP) is 20.9. The average molecular weight is 980 g/mol. The predicted molar refractivity (Wildman–Crippen MR) is 323 cm³/mol. The molecule has 3 aromatic heterocycles. The first-order valence-corrected chi connectivity index (χ1v) is 26.4. The minimum absolute atomic E-state index is 0.880. The van der Waals surface area contributed by atoms with Gasteiger partial charge in [-0.05, 0) is 102 Å². The molecule has 16 rings (SSSR count). The Kier molecular flexibility index (Phi) is 9.64. The standard InChI is InChI=1S/C74H45NO2/c1-5-19-46(20-6-1)53-29-15-33-60-62-35-17-31-55(73(62)76-71(53)60)50-37-41-67-64(43-50)65-44-51(56-32-18-36-63-61-34-16-30-54(72(61)77-74(56)63)47-21-7-2-8-22-47)38-42-68(65)75(67)52-39-40-59-66(45-52)70(49-25-11-4-12-26-49)58-28-14-13-27-57(58)69(59)48-23-9-3-10-24-48/h1-45H. The van der Waals surface area contributed by atoms with Gasteiger partial charge in [-0.2, -0.15) is 0 Å². The summed E-state index contributed by atoms with van der Waals surface area (Å²) in [5, 5.41) is 11.6. The van der Waals surface area contributed by atoms with E-state index in [0.29, 0.717) is 0 Å². The highest BCUT2D eigenvalue weighted by molar-refractivity contribution is 6.23. The van der Waals surface area contributed by atoms with Gasteiger partial charge in [0.25, 0.3) is 0 Å². The van der Waals surface area contributed by atoms with Crippen LogP contribution < -0.4 is 0 Å². The number of furan rings is 2. The van der Waals surface area contributed by atoms with Crippen molar-refractivity contribution in [3.8, 4) is 72.4 Å². The Bertz CT molecular complexity index is 4790. The quantitative estimate of drug-likeness (QED) is 0.149. The summed E-state index contributed by atoms with van der Waals surface area (Å²) < 4.78 is 16.5. The van der Waals surface area contributed by atoms with Gasteiger partial charge in [0.15, 0.2) is 0 Å². The van der Waals surface area contributed by atoms with E-state index in [4.69, 9.17) is 8.83 Å². The van der Waals surface area contributed by atoms with Crippen molar-refractivity contribution >= 4 is 87.2 Å². The Morgan fingerprint density at radius 3 is 0.961 bits per heavy atom. The van der Waals surface area contributed by atoms with Gasteiger partial charge < -0.3 is 13.4 Å². The normalized spacial score (nSPS) is 11.9. The van der Waals surface area contributed by atoms with Gasteiger partial charge in [0, 0.05) is 60.3 Å². The molecule has 3 heterocycles. The van der Waals surface area contributed by atoms with Gasteiger partial charge >= 0.3 is 0 Å². The van der Waals surface area contributed by atoms with Crippen molar-refractivity contribution in [2.75, 3.05) is 0 Å². The third-order valence-corrected chi connectivity index (χ3v) is 16.0. The molecular formula is C74H45NO2. The second kappa shape index (κ2) is 17.2. The summed E-state index contributed by atoms with van der Waals surface area (Å²) >= 11 is 0. The van der Waals surface area contributed by atoms with Crippen molar-refractivity contribution in [3.63, 3.8) is 0 Å². The second-order valence-electron chi connectivity index (χ2n) is 20.2. The van der Waals surface area contributed by atoms with Gasteiger partial charge in [0.1, 0.15) is 22.3 Å². The largest absolute Gasteiger partial charge is 0.455 e. The van der Waals surface area contributed by atoms with Crippen LogP contribution in [0.2, 0.25) is 0 Å². The number of hydrogen-bond donors (Lipinski definition) is 0. The highest BCUT2D eigenvalue weighted by Crippen LogP contribution is 2.48. The lowest BCUT2D eigenvalue weighted by Gasteiger charge is -2.19. The fraction of sp³-hybridized carbons (Fsp3) is 0. The van der Waals surface area contributed by atoms with Gasteiger partial charge in [0.2, 0.25) is 0 Å². The van der Waals surface area contributed by atoms with Crippen LogP contribution >= 0.6 is 0 Å². The first-order valence-electron chi connectivity index (χ1n) is 26.4. The van der Waals surface area contributed by atoms with E-state index in [1.54, 1.807) is 0 Å². The maximum Gasteiger partial charge on any atom is 0.143 e. The van der Waals surface area contributed by atoms with Gasteiger partial charge in [0.05, 0.1) is 11.0 Å². The fourth-order valence-electron chi connectivity index (χ4n) is 12.6. The summed E-state index contributed by atoms with van der Waals surface area (Å²) in [6.45, 7) is 0. The van der Waals surface area contributed by atoms with Crippen LogP contribution in [0.5, 0.6) is 0 Å². The molecule has 0 aliphatic heterocycles. The Morgan fingerprint density at radius 2 is 0.545 bits per heavy atom. The smallest absolute Gasteiger partial charge is 0.143 e. The van der Waals surface area contributed by atoms with Gasteiger partial charge in [-0.3, -0.25) is 0 Å². The molecule has 3 nitrogen and oxygen atoms in total. The Morgan fingerprint density at radius 1 is 0.208 bits per heavy atom. The minimum atomic E-state index is 0.880. The topological polar surface area (TPSA) is 31.2 Å². The van der Waals surface area contributed by atoms with E-state index >= 15 is 0 Å². The second-order valence-corrected chi connectivity index (χ2v) is 20.2. The third kappa shape index (κ3) is 6.70. The summed E-state index contributed by atoms with van der Waals surface area (Å²) in [4.78, 5) is 0. The van der Waals surface area contributed by atoms with Gasteiger partial charge in [-0.25, -0.2) is 0 Å². The molecule has 0 spiro atoms. The number of nitrogens with zero attached hydrogens (tertiary/aromatic N) is 1. The molecule has 13 aromatic carbocycles. The number of hydrogen-bond acceptors (Lipinski definition) is 2. The molecule has 358 valence electrons. The van der Waals surface area contributed by atoms with E-state index in [1.165, 1.54) is 43.8 Å². The molecule has 0 saturated heterocycles. The lowest BCUT2D eigenvalue weighted by molar-refractivity contribution is 0.670. The Labute approximate surface area is 443 Å². The molecular weight excluding hydrogens is 935 g/mol. The van der Waals surface area contributed by atoms with Crippen molar-refractivity contribution in [2.45, 2.75) is 0 Å². The van der Waals surface area contributed by atoms with Crippen LogP contribution in [0.1, 0.15) is 0 Å².